The average molecular weight is 328 g/mol. The Morgan fingerprint density at radius 3 is 2.65 bits per heavy atom. The number of hydrogen-bond donors (Lipinski definition) is 0. The molecule has 2 aromatic rings. The van der Waals surface area contributed by atoms with Crippen LogP contribution in [0.5, 0.6) is 0 Å². The zero-order chi connectivity index (χ0) is 16.4. The Morgan fingerprint density at radius 2 is 1.96 bits per heavy atom. The van der Waals surface area contributed by atoms with E-state index in [1.807, 2.05) is 23.1 Å². The smallest absolute Gasteiger partial charge is 0.269 e. The second kappa shape index (κ2) is 6.42. The van der Waals surface area contributed by atoms with Gasteiger partial charge < -0.3 is 4.90 Å². The van der Waals surface area contributed by atoms with Crippen molar-refractivity contribution in [3.05, 3.63) is 64.2 Å². The number of amides is 1. The number of non-ortho nitro benzene ring substituents is 1. The summed E-state index contributed by atoms with van der Waals surface area (Å²) in [5.74, 6) is 0.377. The number of nitrogens with zero attached hydrogens (tertiary/aromatic N) is 2. The van der Waals surface area contributed by atoms with Crippen molar-refractivity contribution >= 4 is 29.0 Å². The molecule has 0 spiro atoms. The summed E-state index contributed by atoms with van der Waals surface area (Å²) in [5, 5.41) is 10.6. The van der Waals surface area contributed by atoms with E-state index in [0.717, 1.165) is 17.0 Å². The van der Waals surface area contributed by atoms with Crippen molar-refractivity contribution in [1.82, 2.24) is 0 Å². The van der Waals surface area contributed by atoms with Gasteiger partial charge in [0.05, 0.1) is 10.7 Å². The highest BCUT2D eigenvalue weighted by Crippen LogP contribution is 2.33. The second-order valence-corrected chi connectivity index (χ2v) is 6.53. The van der Waals surface area contributed by atoms with Crippen molar-refractivity contribution in [1.29, 1.82) is 0 Å². The average Bonchev–Trinajstić information content (AvgIpc) is 2.88. The third kappa shape index (κ3) is 3.22. The number of thioether (sulfide) groups is 1. The molecule has 1 aliphatic heterocycles. The number of carbonyl (C=O) groups is 1. The molecule has 0 N–H and O–H groups in total. The van der Waals surface area contributed by atoms with Crippen LogP contribution in [0.2, 0.25) is 0 Å². The molecule has 118 valence electrons. The van der Waals surface area contributed by atoms with Crippen molar-refractivity contribution < 1.29 is 9.72 Å². The van der Waals surface area contributed by atoms with Crippen molar-refractivity contribution in [3.63, 3.8) is 0 Å². The van der Waals surface area contributed by atoms with Gasteiger partial charge in [0.25, 0.3) is 5.69 Å². The molecule has 23 heavy (non-hydrogen) atoms. The van der Waals surface area contributed by atoms with Gasteiger partial charge in [0.15, 0.2) is 0 Å². The van der Waals surface area contributed by atoms with E-state index in [9.17, 15) is 14.9 Å². The first kappa shape index (κ1) is 15.6. The van der Waals surface area contributed by atoms with Crippen LogP contribution < -0.4 is 4.90 Å². The van der Waals surface area contributed by atoms with E-state index >= 15 is 0 Å². The largest absolute Gasteiger partial charge is 0.308 e. The molecular formula is C17H16N2O3S. The van der Waals surface area contributed by atoms with E-state index in [4.69, 9.17) is 0 Å². The zero-order valence-electron chi connectivity index (χ0n) is 12.6. The van der Waals surface area contributed by atoms with E-state index in [0.29, 0.717) is 5.75 Å². The molecule has 1 heterocycles. The van der Waals surface area contributed by atoms with Crippen LogP contribution in [0.1, 0.15) is 12.5 Å². The summed E-state index contributed by atoms with van der Waals surface area (Å²) in [5.41, 5.74) is 2.26. The predicted octanol–water partition coefficient (Wildman–Crippen LogP) is 3.66. The highest BCUT2D eigenvalue weighted by atomic mass is 32.2. The van der Waals surface area contributed by atoms with Crippen LogP contribution in [0.3, 0.4) is 0 Å². The Balaban J connectivity index is 1.67. The van der Waals surface area contributed by atoms with Gasteiger partial charge in [-0.1, -0.05) is 18.2 Å². The summed E-state index contributed by atoms with van der Waals surface area (Å²) in [7, 11) is 0. The fraction of sp³-hybridized carbons (Fsp3) is 0.235. The van der Waals surface area contributed by atoms with Gasteiger partial charge in [-0.15, -0.1) is 11.8 Å². The maximum Gasteiger partial charge on any atom is 0.269 e. The molecule has 0 saturated heterocycles. The van der Waals surface area contributed by atoms with Crippen molar-refractivity contribution in [2.24, 2.45) is 0 Å². The summed E-state index contributed by atoms with van der Waals surface area (Å²) in [6.45, 7) is 2.05. The normalized spacial score (nSPS) is 16.2. The SMILES string of the molecule is CC1Cc2ccccc2N1C(=O)CSc1ccc([N+](=O)[O-])cc1. The first-order valence-corrected chi connectivity index (χ1v) is 8.32. The van der Waals surface area contributed by atoms with Crippen LogP contribution in [0, 0.1) is 10.1 Å². The number of hydrogen-bond acceptors (Lipinski definition) is 4. The third-order valence-electron chi connectivity index (χ3n) is 3.89. The molecule has 0 bridgehead atoms. The first-order chi connectivity index (χ1) is 11.1. The second-order valence-electron chi connectivity index (χ2n) is 5.49. The van der Waals surface area contributed by atoms with Crippen LogP contribution in [0.4, 0.5) is 11.4 Å². The number of fused-ring (bicyclic) bond motifs is 1. The van der Waals surface area contributed by atoms with Gasteiger partial charge in [0.2, 0.25) is 5.91 Å². The van der Waals surface area contributed by atoms with Gasteiger partial charge in [-0.25, -0.2) is 0 Å². The molecule has 0 saturated carbocycles. The summed E-state index contributed by atoms with van der Waals surface area (Å²) >= 11 is 1.40. The third-order valence-corrected chi connectivity index (χ3v) is 4.88. The maximum absolute atomic E-state index is 12.6. The van der Waals surface area contributed by atoms with Crippen LogP contribution >= 0.6 is 11.8 Å². The Bertz CT molecular complexity index is 746. The van der Waals surface area contributed by atoms with E-state index < -0.39 is 4.92 Å². The van der Waals surface area contributed by atoms with Crippen LogP contribution in [-0.4, -0.2) is 22.6 Å². The van der Waals surface area contributed by atoms with Gasteiger partial charge >= 0.3 is 0 Å². The molecular weight excluding hydrogens is 312 g/mol. The lowest BCUT2D eigenvalue weighted by molar-refractivity contribution is -0.384. The molecule has 1 unspecified atom stereocenters. The molecule has 1 amide bonds. The Labute approximate surface area is 138 Å². The lowest BCUT2D eigenvalue weighted by atomic mass is 10.1. The highest BCUT2D eigenvalue weighted by Gasteiger charge is 2.30. The van der Waals surface area contributed by atoms with Crippen LogP contribution in [0.25, 0.3) is 0 Å². The van der Waals surface area contributed by atoms with Crippen molar-refractivity contribution in [2.45, 2.75) is 24.3 Å². The predicted molar refractivity (Wildman–Crippen MR) is 90.9 cm³/mol. The number of para-hydroxylation sites is 1. The Morgan fingerprint density at radius 1 is 1.26 bits per heavy atom. The summed E-state index contributed by atoms with van der Waals surface area (Å²) in [4.78, 5) is 25.5. The van der Waals surface area contributed by atoms with Gasteiger partial charge in [0.1, 0.15) is 0 Å². The minimum atomic E-state index is -0.428. The van der Waals surface area contributed by atoms with E-state index in [2.05, 4.69) is 13.0 Å². The summed E-state index contributed by atoms with van der Waals surface area (Å²) in [6, 6.07) is 14.4. The van der Waals surface area contributed by atoms with Gasteiger partial charge in [0, 0.05) is 28.8 Å². The molecule has 0 aliphatic carbocycles. The number of nitro groups is 1. The maximum atomic E-state index is 12.6. The van der Waals surface area contributed by atoms with E-state index in [1.165, 1.54) is 29.5 Å². The van der Waals surface area contributed by atoms with Crippen LogP contribution in [-0.2, 0) is 11.2 Å². The zero-order valence-corrected chi connectivity index (χ0v) is 13.5. The topological polar surface area (TPSA) is 63.5 Å². The van der Waals surface area contributed by atoms with E-state index in [1.54, 1.807) is 12.1 Å². The minimum Gasteiger partial charge on any atom is -0.308 e. The number of carbonyl (C=O) groups excluding carboxylic acids is 1. The summed E-state index contributed by atoms with van der Waals surface area (Å²) in [6.07, 6.45) is 0.879. The Kier molecular flexibility index (Phi) is 4.34. The molecule has 5 nitrogen and oxygen atoms in total. The van der Waals surface area contributed by atoms with E-state index in [-0.39, 0.29) is 17.6 Å². The molecule has 1 atom stereocenters. The van der Waals surface area contributed by atoms with Crippen LogP contribution in [0.15, 0.2) is 53.4 Å². The standard InChI is InChI=1S/C17H16N2O3S/c1-12-10-13-4-2-3-5-16(13)18(12)17(20)11-23-15-8-6-14(7-9-15)19(21)22/h2-9,12H,10-11H2,1H3. The van der Waals surface area contributed by atoms with Gasteiger partial charge in [-0.05, 0) is 37.1 Å². The number of nitro benzene ring substituents is 1. The molecule has 6 heteroatoms. The number of benzene rings is 2. The molecule has 0 aromatic heterocycles. The fourth-order valence-corrected chi connectivity index (χ4v) is 3.58. The quantitative estimate of drug-likeness (QED) is 0.488. The highest BCUT2D eigenvalue weighted by molar-refractivity contribution is 8.00. The molecule has 2 aromatic carbocycles. The first-order valence-electron chi connectivity index (χ1n) is 7.33. The van der Waals surface area contributed by atoms with Crippen molar-refractivity contribution in [3.8, 4) is 0 Å². The Hall–Kier alpha value is -2.34. The monoisotopic (exact) mass is 328 g/mol. The fourth-order valence-electron chi connectivity index (χ4n) is 2.82. The van der Waals surface area contributed by atoms with Gasteiger partial charge in [-0.3, -0.25) is 14.9 Å². The molecule has 3 rings (SSSR count). The molecule has 0 fully saturated rings. The number of anilines is 1. The lowest BCUT2D eigenvalue weighted by Crippen LogP contribution is -2.36. The lowest BCUT2D eigenvalue weighted by Gasteiger charge is -2.22. The number of rotatable bonds is 4. The summed E-state index contributed by atoms with van der Waals surface area (Å²) < 4.78 is 0. The van der Waals surface area contributed by atoms with Gasteiger partial charge in [-0.2, -0.15) is 0 Å². The van der Waals surface area contributed by atoms with Crippen molar-refractivity contribution in [2.75, 3.05) is 10.7 Å². The molecule has 0 radical (unpaired) electrons. The minimum absolute atomic E-state index is 0.0581. The molecule has 1 aliphatic rings.